The van der Waals surface area contributed by atoms with Gasteiger partial charge in [0, 0.05) is 12.5 Å². The van der Waals surface area contributed by atoms with Crippen molar-refractivity contribution in [3.8, 4) is 0 Å². The van der Waals surface area contributed by atoms with Gasteiger partial charge < -0.3 is 15.0 Å². The standard InChI is InChI=1S/C19H26N2O3/c22-18(13-20-19(23)16-9-5-2-6-10-16)21-11-12-24-17(14-21)15-7-3-1-4-8-15/h1,3-4,7-8,16-17H,2,5-6,9-14H2,(H,20,23). The maximum atomic E-state index is 12.4. The number of hydrogen-bond acceptors (Lipinski definition) is 3. The van der Waals surface area contributed by atoms with Crippen LogP contribution in [0.5, 0.6) is 0 Å². The first-order valence-corrected chi connectivity index (χ1v) is 8.96. The Labute approximate surface area is 143 Å². The van der Waals surface area contributed by atoms with E-state index in [1.165, 1.54) is 6.42 Å². The SMILES string of the molecule is O=C(NCC(=O)N1CCOC(c2ccccc2)C1)C1CCCCC1. The Balaban J connectivity index is 1.48. The van der Waals surface area contributed by atoms with Gasteiger partial charge in [-0.1, -0.05) is 49.6 Å². The van der Waals surface area contributed by atoms with Gasteiger partial charge in [0.25, 0.3) is 0 Å². The van der Waals surface area contributed by atoms with E-state index in [0.717, 1.165) is 31.2 Å². The maximum absolute atomic E-state index is 12.4. The molecule has 1 aliphatic heterocycles. The van der Waals surface area contributed by atoms with Crippen molar-refractivity contribution >= 4 is 11.8 Å². The summed E-state index contributed by atoms with van der Waals surface area (Å²) in [5.41, 5.74) is 1.08. The van der Waals surface area contributed by atoms with E-state index in [0.29, 0.717) is 19.7 Å². The van der Waals surface area contributed by atoms with E-state index in [2.05, 4.69) is 5.32 Å². The zero-order valence-corrected chi connectivity index (χ0v) is 14.1. The first kappa shape index (κ1) is 17.0. The molecule has 1 aromatic carbocycles. The van der Waals surface area contributed by atoms with Gasteiger partial charge in [-0.25, -0.2) is 0 Å². The lowest BCUT2D eigenvalue weighted by molar-refractivity contribution is -0.140. The summed E-state index contributed by atoms with van der Waals surface area (Å²) in [5, 5.41) is 2.83. The van der Waals surface area contributed by atoms with Gasteiger partial charge in [0.2, 0.25) is 11.8 Å². The predicted octanol–water partition coefficient (Wildman–Crippen LogP) is 2.28. The highest BCUT2D eigenvalue weighted by Gasteiger charge is 2.26. The number of nitrogens with one attached hydrogen (secondary N) is 1. The van der Waals surface area contributed by atoms with Crippen molar-refractivity contribution in [2.75, 3.05) is 26.2 Å². The lowest BCUT2D eigenvalue weighted by Crippen LogP contribution is -2.47. The molecule has 1 saturated carbocycles. The average molecular weight is 330 g/mol. The van der Waals surface area contributed by atoms with E-state index >= 15 is 0 Å². The molecule has 0 spiro atoms. The number of carbonyl (C=O) groups excluding carboxylic acids is 2. The summed E-state index contributed by atoms with van der Waals surface area (Å²) in [6.07, 6.45) is 5.28. The van der Waals surface area contributed by atoms with Gasteiger partial charge in [-0.05, 0) is 18.4 Å². The quantitative estimate of drug-likeness (QED) is 0.921. The largest absolute Gasteiger partial charge is 0.370 e. The molecule has 1 N–H and O–H groups in total. The highest BCUT2D eigenvalue weighted by molar-refractivity contribution is 5.86. The molecule has 1 aliphatic carbocycles. The van der Waals surface area contributed by atoms with Crippen LogP contribution in [0.15, 0.2) is 30.3 Å². The molecule has 2 aliphatic rings. The second-order valence-electron chi connectivity index (χ2n) is 6.66. The van der Waals surface area contributed by atoms with Gasteiger partial charge in [-0.3, -0.25) is 9.59 Å². The molecule has 2 fully saturated rings. The molecule has 5 heteroatoms. The molecule has 1 unspecified atom stereocenters. The van der Waals surface area contributed by atoms with Crippen LogP contribution >= 0.6 is 0 Å². The van der Waals surface area contributed by atoms with Crippen LogP contribution in [-0.2, 0) is 14.3 Å². The molecule has 1 aromatic rings. The topological polar surface area (TPSA) is 58.6 Å². The van der Waals surface area contributed by atoms with Crippen LogP contribution in [0.4, 0.5) is 0 Å². The number of ether oxygens (including phenoxy) is 1. The zero-order valence-electron chi connectivity index (χ0n) is 14.1. The average Bonchev–Trinajstić information content (AvgIpc) is 2.67. The third-order valence-electron chi connectivity index (χ3n) is 4.98. The first-order chi connectivity index (χ1) is 11.7. The summed E-state index contributed by atoms with van der Waals surface area (Å²) >= 11 is 0. The minimum absolute atomic E-state index is 0.0246. The van der Waals surface area contributed by atoms with Crippen molar-refractivity contribution in [2.24, 2.45) is 5.92 Å². The van der Waals surface area contributed by atoms with Crippen molar-refractivity contribution < 1.29 is 14.3 Å². The lowest BCUT2D eigenvalue weighted by Gasteiger charge is -2.33. The van der Waals surface area contributed by atoms with Crippen molar-refractivity contribution in [2.45, 2.75) is 38.2 Å². The summed E-state index contributed by atoms with van der Waals surface area (Å²) in [7, 11) is 0. The summed E-state index contributed by atoms with van der Waals surface area (Å²) in [5.74, 6) is 0.104. The van der Waals surface area contributed by atoms with Crippen molar-refractivity contribution in [3.63, 3.8) is 0 Å². The summed E-state index contributed by atoms with van der Waals surface area (Å²) in [4.78, 5) is 26.4. The monoisotopic (exact) mass is 330 g/mol. The van der Waals surface area contributed by atoms with Crippen LogP contribution in [0.2, 0.25) is 0 Å². The Bertz CT molecular complexity index is 555. The molecular weight excluding hydrogens is 304 g/mol. The lowest BCUT2D eigenvalue weighted by atomic mass is 9.89. The molecule has 24 heavy (non-hydrogen) atoms. The number of benzene rings is 1. The highest BCUT2D eigenvalue weighted by Crippen LogP contribution is 2.24. The number of rotatable bonds is 4. The summed E-state index contributed by atoms with van der Waals surface area (Å²) in [6, 6.07) is 9.96. The Morgan fingerprint density at radius 3 is 2.62 bits per heavy atom. The number of morpholine rings is 1. The Morgan fingerprint density at radius 2 is 1.88 bits per heavy atom. The van der Waals surface area contributed by atoms with E-state index < -0.39 is 0 Å². The number of hydrogen-bond donors (Lipinski definition) is 1. The molecule has 0 bridgehead atoms. The molecule has 3 rings (SSSR count). The molecule has 2 amide bonds. The molecule has 0 aromatic heterocycles. The van der Waals surface area contributed by atoms with Gasteiger partial charge in [0.1, 0.15) is 6.10 Å². The molecule has 1 saturated heterocycles. The van der Waals surface area contributed by atoms with Crippen LogP contribution in [0.25, 0.3) is 0 Å². The second-order valence-corrected chi connectivity index (χ2v) is 6.66. The Hall–Kier alpha value is -1.88. The maximum Gasteiger partial charge on any atom is 0.242 e. The van der Waals surface area contributed by atoms with Crippen LogP contribution in [0.3, 0.4) is 0 Å². The van der Waals surface area contributed by atoms with Gasteiger partial charge >= 0.3 is 0 Å². The minimum Gasteiger partial charge on any atom is -0.370 e. The number of carbonyl (C=O) groups is 2. The van der Waals surface area contributed by atoms with Crippen LogP contribution in [0.1, 0.15) is 43.8 Å². The number of nitrogens with zero attached hydrogens (tertiary/aromatic N) is 1. The normalized spacial score (nSPS) is 22.2. The second kappa shape index (κ2) is 8.29. The molecular formula is C19H26N2O3. The van der Waals surface area contributed by atoms with E-state index in [1.807, 2.05) is 30.3 Å². The van der Waals surface area contributed by atoms with Crippen LogP contribution in [0, 0.1) is 5.92 Å². The van der Waals surface area contributed by atoms with Crippen molar-refractivity contribution in [1.82, 2.24) is 10.2 Å². The van der Waals surface area contributed by atoms with E-state index in [-0.39, 0.29) is 30.4 Å². The minimum atomic E-state index is -0.0852. The van der Waals surface area contributed by atoms with Crippen molar-refractivity contribution in [3.05, 3.63) is 35.9 Å². The highest BCUT2D eigenvalue weighted by atomic mass is 16.5. The summed E-state index contributed by atoms with van der Waals surface area (Å²) < 4.78 is 5.78. The molecule has 0 radical (unpaired) electrons. The molecule has 1 heterocycles. The van der Waals surface area contributed by atoms with Gasteiger partial charge in [-0.15, -0.1) is 0 Å². The van der Waals surface area contributed by atoms with Gasteiger partial charge in [-0.2, -0.15) is 0 Å². The fourth-order valence-corrected chi connectivity index (χ4v) is 3.53. The first-order valence-electron chi connectivity index (χ1n) is 8.96. The van der Waals surface area contributed by atoms with Gasteiger partial charge in [0.05, 0.1) is 19.7 Å². The fraction of sp³-hybridized carbons (Fsp3) is 0.579. The van der Waals surface area contributed by atoms with Crippen LogP contribution < -0.4 is 5.32 Å². The predicted molar refractivity (Wildman–Crippen MR) is 91.3 cm³/mol. The summed E-state index contributed by atoms with van der Waals surface area (Å²) in [6.45, 7) is 1.75. The van der Waals surface area contributed by atoms with Gasteiger partial charge in [0.15, 0.2) is 0 Å². The van der Waals surface area contributed by atoms with E-state index in [1.54, 1.807) is 4.90 Å². The smallest absolute Gasteiger partial charge is 0.242 e. The Kier molecular flexibility index (Phi) is 5.86. The molecule has 5 nitrogen and oxygen atoms in total. The third-order valence-corrected chi connectivity index (χ3v) is 4.98. The van der Waals surface area contributed by atoms with Crippen molar-refractivity contribution in [1.29, 1.82) is 0 Å². The zero-order chi connectivity index (χ0) is 16.8. The fourth-order valence-electron chi connectivity index (χ4n) is 3.53. The van der Waals surface area contributed by atoms with E-state index in [4.69, 9.17) is 4.74 Å². The van der Waals surface area contributed by atoms with E-state index in [9.17, 15) is 9.59 Å². The molecule has 1 atom stereocenters. The molecule has 130 valence electrons. The Morgan fingerprint density at radius 1 is 1.12 bits per heavy atom. The van der Waals surface area contributed by atoms with Crippen LogP contribution in [-0.4, -0.2) is 43.0 Å². The third kappa shape index (κ3) is 4.35. The number of amides is 2.